The highest BCUT2D eigenvalue weighted by atomic mass is 32.2. The lowest BCUT2D eigenvalue weighted by Crippen LogP contribution is -2.33. The zero-order valence-corrected chi connectivity index (χ0v) is 18.3. The Kier molecular flexibility index (Phi) is 6.84. The van der Waals surface area contributed by atoms with Gasteiger partial charge in [0.2, 0.25) is 20.0 Å². The van der Waals surface area contributed by atoms with Gasteiger partial charge in [0.05, 0.1) is 15.8 Å². The summed E-state index contributed by atoms with van der Waals surface area (Å²) in [6, 6.07) is 11.0. The maximum absolute atomic E-state index is 12.6. The molecule has 0 spiro atoms. The molecule has 158 valence electrons. The van der Waals surface area contributed by atoms with Crippen molar-refractivity contribution in [2.75, 3.05) is 7.05 Å². The Labute approximate surface area is 171 Å². The van der Waals surface area contributed by atoms with E-state index in [0.29, 0.717) is 5.56 Å². The zero-order chi connectivity index (χ0) is 22.0. The molecule has 2 aromatic rings. The SMILES string of the molecule is CC(C)N(C)S(=O)(=O)c1cccc(C(=O)N[C@H](C)c2ccc(S(N)(=O)=O)cc2)c1. The van der Waals surface area contributed by atoms with E-state index in [2.05, 4.69) is 5.32 Å². The van der Waals surface area contributed by atoms with Gasteiger partial charge in [0.25, 0.3) is 5.91 Å². The average molecular weight is 440 g/mol. The lowest BCUT2D eigenvalue weighted by molar-refractivity contribution is 0.0939. The number of benzene rings is 2. The predicted octanol–water partition coefficient (Wildman–Crippen LogP) is 1.85. The highest BCUT2D eigenvalue weighted by molar-refractivity contribution is 7.89. The van der Waals surface area contributed by atoms with Crippen LogP contribution in [0.1, 0.15) is 42.7 Å². The molecule has 0 aliphatic rings. The molecule has 0 aromatic heterocycles. The summed E-state index contributed by atoms with van der Waals surface area (Å²) in [6.45, 7) is 5.25. The van der Waals surface area contributed by atoms with Gasteiger partial charge < -0.3 is 5.32 Å². The second-order valence-corrected chi connectivity index (χ2v) is 10.5. The molecular formula is C19H25N3O5S2. The Balaban J connectivity index is 2.21. The van der Waals surface area contributed by atoms with Crippen molar-refractivity contribution in [3.8, 4) is 0 Å². The number of sulfonamides is 2. The molecule has 3 N–H and O–H groups in total. The summed E-state index contributed by atoms with van der Waals surface area (Å²) in [5.74, 6) is -0.447. The maximum Gasteiger partial charge on any atom is 0.251 e. The van der Waals surface area contributed by atoms with Crippen LogP contribution in [0.5, 0.6) is 0 Å². The molecule has 29 heavy (non-hydrogen) atoms. The largest absolute Gasteiger partial charge is 0.346 e. The van der Waals surface area contributed by atoms with E-state index in [1.54, 1.807) is 32.9 Å². The number of amides is 1. The third-order valence-electron chi connectivity index (χ3n) is 4.56. The van der Waals surface area contributed by atoms with Gasteiger partial charge in [-0.2, -0.15) is 4.31 Å². The van der Waals surface area contributed by atoms with Gasteiger partial charge in [0, 0.05) is 18.7 Å². The van der Waals surface area contributed by atoms with Crippen LogP contribution in [0, 0.1) is 0 Å². The molecule has 0 bridgehead atoms. The van der Waals surface area contributed by atoms with Crippen molar-refractivity contribution in [3.05, 3.63) is 59.7 Å². The average Bonchev–Trinajstić information content (AvgIpc) is 2.66. The Hall–Kier alpha value is -2.27. The second kappa shape index (κ2) is 8.62. The Morgan fingerprint density at radius 1 is 0.966 bits per heavy atom. The number of hydrogen-bond donors (Lipinski definition) is 2. The van der Waals surface area contributed by atoms with E-state index in [9.17, 15) is 21.6 Å². The minimum Gasteiger partial charge on any atom is -0.346 e. The molecule has 2 rings (SSSR count). The Morgan fingerprint density at radius 3 is 2.07 bits per heavy atom. The molecular weight excluding hydrogens is 414 g/mol. The summed E-state index contributed by atoms with van der Waals surface area (Å²) in [6.07, 6.45) is 0. The fourth-order valence-electron chi connectivity index (χ4n) is 2.55. The van der Waals surface area contributed by atoms with Crippen molar-refractivity contribution in [2.24, 2.45) is 5.14 Å². The third-order valence-corrected chi connectivity index (χ3v) is 7.52. The van der Waals surface area contributed by atoms with E-state index in [4.69, 9.17) is 5.14 Å². The van der Waals surface area contributed by atoms with E-state index in [0.717, 1.165) is 0 Å². The fraction of sp³-hybridized carbons (Fsp3) is 0.316. The number of rotatable bonds is 7. The number of nitrogens with zero attached hydrogens (tertiary/aromatic N) is 1. The molecule has 10 heteroatoms. The van der Waals surface area contributed by atoms with Crippen molar-refractivity contribution >= 4 is 26.0 Å². The molecule has 0 aliphatic heterocycles. The summed E-state index contributed by atoms with van der Waals surface area (Å²) in [5.41, 5.74) is 0.880. The van der Waals surface area contributed by atoms with Crippen LogP contribution in [0.4, 0.5) is 0 Å². The van der Waals surface area contributed by atoms with Crippen LogP contribution < -0.4 is 10.5 Å². The van der Waals surface area contributed by atoms with Gasteiger partial charge in [0.1, 0.15) is 0 Å². The summed E-state index contributed by atoms with van der Waals surface area (Å²) in [5, 5.41) is 7.85. The Bertz CT molecular complexity index is 1090. The lowest BCUT2D eigenvalue weighted by Gasteiger charge is -2.21. The third kappa shape index (κ3) is 5.41. The van der Waals surface area contributed by atoms with Gasteiger partial charge in [-0.25, -0.2) is 22.0 Å². The smallest absolute Gasteiger partial charge is 0.251 e. The molecule has 0 aliphatic carbocycles. The number of primary sulfonamides is 1. The minimum absolute atomic E-state index is 0.0213. The number of carbonyl (C=O) groups excluding carboxylic acids is 1. The van der Waals surface area contributed by atoms with Crippen molar-refractivity contribution in [3.63, 3.8) is 0 Å². The van der Waals surface area contributed by atoms with Gasteiger partial charge in [-0.3, -0.25) is 4.79 Å². The first-order chi connectivity index (χ1) is 13.3. The van der Waals surface area contributed by atoms with Crippen LogP contribution >= 0.6 is 0 Å². The van der Waals surface area contributed by atoms with Gasteiger partial charge in [-0.15, -0.1) is 0 Å². The highest BCUT2D eigenvalue weighted by Gasteiger charge is 2.24. The molecule has 0 fully saturated rings. The first-order valence-electron chi connectivity index (χ1n) is 8.85. The summed E-state index contributed by atoms with van der Waals surface area (Å²) < 4.78 is 49.2. The number of nitrogens with two attached hydrogens (primary N) is 1. The van der Waals surface area contributed by atoms with Crippen molar-refractivity contribution in [2.45, 2.75) is 42.6 Å². The quantitative estimate of drug-likeness (QED) is 0.681. The molecule has 8 nitrogen and oxygen atoms in total. The molecule has 1 atom stereocenters. The first kappa shape index (κ1) is 23.0. The van der Waals surface area contributed by atoms with Gasteiger partial charge in [0.15, 0.2) is 0 Å². The van der Waals surface area contributed by atoms with Crippen LogP contribution in [0.3, 0.4) is 0 Å². The maximum atomic E-state index is 12.6. The molecule has 0 heterocycles. The summed E-state index contributed by atoms with van der Waals surface area (Å²) in [7, 11) is -6.01. The number of hydrogen-bond acceptors (Lipinski definition) is 5. The fourth-order valence-corrected chi connectivity index (χ4v) is 4.48. The zero-order valence-electron chi connectivity index (χ0n) is 16.7. The topological polar surface area (TPSA) is 127 Å². The second-order valence-electron chi connectivity index (χ2n) is 6.95. The number of carbonyl (C=O) groups is 1. The van der Waals surface area contributed by atoms with Crippen LogP contribution in [-0.2, 0) is 20.0 Å². The molecule has 0 saturated heterocycles. The summed E-state index contributed by atoms with van der Waals surface area (Å²) >= 11 is 0. The monoisotopic (exact) mass is 439 g/mol. The van der Waals surface area contributed by atoms with Crippen molar-refractivity contribution in [1.82, 2.24) is 9.62 Å². The number of nitrogens with one attached hydrogen (secondary N) is 1. The van der Waals surface area contributed by atoms with E-state index < -0.39 is 32.0 Å². The first-order valence-corrected chi connectivity index (χ1v) is 11.8. The van der Waals surface area contributed by atoms with Gasteiger partial charge >= 0.3 is 0 Å². The lowest BCUT2D eigenvalue weighted by atomic mass is 10.1. The van der Waals surface area contributed by atoms with E-state index >= 15 is 0 Å². The predicted molar refractivity (Wildman–Crippen MR) is 110 cm³/mol. The van der Waals surface area contributed by atoms with Crippen molar-refractivity contribution in [1.29, 1.82) is 0 Å². The van der Waals surface area contributed by atoms with E-state index in [1.807, 2.05) is 0 Å². The normalized spacial score (nSPS) is 13.5. The molecule has 0 unspecified atom stereocenters. The highest BCUT2D eigenvalue weighted by Crippen LogP contribution is 2.19. The van der Waals surface area contributed by atoms with Crippen molar-refractivity contribution < 1.29 is 21.6 Å². The van der Waals surface area contributed by atoms with E-state index in [1.165, 1.54) is 47.8 Å². The van der Waals surface area contributed by atoms with Crippen LogP contribution in [0.15, 0.2) is 58.3 Å². The standard InChI is InChI=1S/C19H25N3O5S2/c1-13(2)22(4)29(26,27)18-7-5-6-16(12-18)19(23)21-14(3)15-8-10-17(11-9-15)28(20,24)25/h5-14H,1-4H3,(H,21,23)(H2,20,24,25)/t14-/m1/s1. The minimum atomic E-state index is -3.79. The summed E-state index contributed by atoms with van der Waals surface area (Å²) in [4.78, 5) is 12.6. The van der Waals surface area contributed by atoms with Gasteiger partial charge in [-0.05, 0) is 56.7 Å². The van der Waals surface area contributed by atoms with Crippen LogP contribution in [0.25, 0.3) is 0 Å². The molecule has 2 aromatic carbocycles. The molecule has 0 saturated carbocycles. The molecule has 0 radical (unpaired) electrons. The van der Waals surface area contributed by atoms with Gasteiger partial charge in [-0.1, -0.05) is 18.2 Å². The van der Waals surface area contributed by atoms with E-state index in [-0.39, 0.29) is 21.4 Å². The molecule has 1 amide bonds. The Morgan fingerprint density at radius 2 is 1.55 bits per heavy atom. The van der Waals surface area contributed by atoms with Crippen LogP contribution in [0.2, 0.25) is 0 Å². The van der Waals surface area contributed by atoms with Crippen LogP contribution in [-0.4, -0.2) is 40.1 Å².